The maximum absolute atomic E-state index is 12.0. The van der Waals surface area contributed by atoms with Crippen molar-refractivity contribution in [2.45, 2.75) is 25.3 Å². The van der Waals surface area contributed by atoms with Crippen LogP contribution >= 0.6 is 11.8 Å². The highest BCUT2D eigenvalue weighted by molar-refractivity contribution is 7.99. The van der Waals surface area contributed by atoms with Gasteiger partial charge in [-0.2, -0.15) is 11.8 Å². The van der Waals surface area contributed by atoms with Crippen LogP contribution in [0.2, 0.25) is 0 Å². The highest BCUT2D eigenvalue weighted by atomic mass is 32.2. The molecule has 1 amide bonds. The van der Waals surface area contributed by atoms with Crippen LogP contribution in [0.1, 0.15) is 18.4 Å². The van der Waals surface area contributed by atoms with Gasteiger partial charge in [-0.15, -0.1) is 0 Å². The summed E-state index contributed by atoms with van der Waals surface area (Å²) >= 11 is 1.68. The van der Waals surface area contributed by atoms with Crippen LogP contribution in [0.25, 0.3) is 0 Å². The van der Waals surface area contributed by atoms with Crippen LogP contribution in [0.3, 0.4) is 0 Å². The number of carbonyl (C=O) groups is 1. The van der Waals surface area contributed by atoms with E-state index < -0.39 is 0 Å². The Hall–Kier alpha value is -1.00. The summed E-state index contributed by atoms with van der Waals surface area (Å²) in [4.78, 5) is 13.9. The largest absolute Gasteiger partial charge is 0.394 e. The van der Waals surface area contributed by atoms with E-state index in [1.165, 1.54) is 5.56 Å². The van der Waals surface area contributed by atoms with E-state index in [2.05, 4.69) is 12.1 Å². The topological polar surface area (TPSA) is 40.5 Å². The Bertz CT molecular complexity index is 396. The molecule has 0 aromatic heterocycles. The number of hydrogen-bond donors (Lipinski definition) is 1. The Balaban J connectivity index is 1.67. The van der Waals surface area contributed by atoms with Gasteiger partial charge in [0.25, 0.3) is 0 Å². The van der Waals surface area contributed by atoms with Gasteiger partial charge in [0.05, 0.1) is 18.4 Å². The minimum atomic E-state index is 0.0576. The predicted molar refractivity (Wildman–Crippen MR) is 79.3 cm³/mol. The van der Waals surface area contributed by atoms with Gasteiger partial charge in [-0.25, -0.2) is 0 Å². The van der Waals surface area contributed by atoms with Gasteiger partial charge in [0.1, 0.15) is 0 Å². The standard InChI is InChI=1S/C15H21NO2S/c17-11-14-7-4-9-16(14)15(18)12-19-10-8-13-5-2-1-3-6-13/h1-3,5-6,14,17H,4,7-12H2/t14-/m0/s1. The predicted octanol–water partition coefficient (Wildman–Crippen LogP) is 1.95. The van der Waals surface area contributed by atoms with E-state index in [1.807, 2.05) is 23.1 Å². The zero-order valence-electron chi connectivity index (χ0n) is 11.1. The summed E-state index contributed by atoms with van der Waals surface area (Å²) in [5.74, 6) is 1.67. The molecule has 3 nitrogen and oxygen atoms in total. The first kappa shape index (κ1) is 14.4. The number of amides is 1. The van der Waals surface area contributed by atoms with Crippen LogP contribution in [-0.4, -0.2) is 46.6 Å². The Kier molecular flexibility index (Phi) is 5.73. The quantitative estimate of drug-likeness (QED) is 0.809. The average molecular weight is 279 g/mol. The fourth-order valence-corrected chi connectivity index (χ4v) is 3.30. The van der Waals surface area contributed by atoms with Gasteiger partial charge >= 0.3 is 0 Å². The number of hydrogen-bond acceptors (Lipinski definition) is 3. The monoisotopic (exact) mass is 279 g/mol. The summed E-state index contributed by atoms with van der Waals surface area (Å²) in [6.07, 6.45) is 2.96. The molecule has 0 spiro atoms. The maximum Gasteiger partial charge on any atom is 0.232 e. The second kappa shape index (κ2) is 7.56. The molecule has 1 N–H and O–H groups in total. The number of carbonyl (C=O) groups excluding carboxylic acids is 1. The summed E-state index contributed by atoms with van der Waals surface area (Å²) in [5, 5.41) is 9.20. The van der Waals surface area contributed by atoms with Crippen LogP contribution in [-0.2, 0) is 11.2 Å². The number of rotatable bonds is 6. The molecule has 1 aliphatic heterocycles. The molecule has 0 saturated carbocycles. The molecular weight excluding hydrogens is 258 g/mol. The SMILES string of the molecule is O=C(CSCCc1ccccc1)N1CCC[C@H]1CO. The number of likely N-dealkylation sites (tertiary alicyclic amines) is 1. The molecule has 2 rings (SSSR count). The molecule has 0 bridgehead atoms. The Morgan fingerprint density at radius 3 is 2.89 bits per heavy atom. The van der Waals surface area contributed by atoms with E-state index in [9.17, 15) is 9.90 Å². The van der Waals surface area contributed by atoms with Crippen molar-refractivity contribution in [1.82, 2.24) is 4.90 Å². The summed E-state index contributed by atoms with van der Waals surface area (Å²) < 4.78 is 0. The fraction of sp³-hybridized carbons (Fsp3) is 0.533. The molecule has 19 heavy (non-hydrogen) atoms. The van der Waals surface area contributed by atoms with E-state index in [4.69, 9.17) is 0 Å². The molecule has 1 aromatic carbocycles. The zero-order valence-corrected chi connectivity index (χ0v) is 11.9. The van der Waals surface area contributed by atoms with E-state index in [0.717, 1.165) is 31.6 Å². The zero-order chi connectivity index (χ0) is 13.5. The number of aryl methyl sites for hydroxylation is 1. The molecule has 0 unspecified atom stereocenters. The first-order valence-electron chi connectivity index (χ1n) is 6.83. The third-order valence-corrected chi connectivity index (χ3v) is 4.46. The second-order valence-electron chi connectivity index (χ2n) is 4.85. The third-order valence-electron chi connectivity index (χ3n) is 3.51. The highest BCUT2D eigenvalue weighted by Gasteiger charge is 2.27. The van der Waals surface area contributed by atoms with E-state index >= 15 is 0 Å². The summed E-state index contributed by atoms with van der Waals surface area (Å²) in [7, 11) is 0. The summed E-state index contributed by atoms with van der Waals surface area (Å²) in [6.45, 7) is 0.906. The smallest absolute Gasteiger partial charge is 0.232 e. The van der Waals surface area contributed by atoms with Gasteiger partial charge < -0.3 is 10.0 Å². The molecule has 4 heteroatoms. The van der Waals surface area contributed by atoms with Crippen molar-refractivity contribution in [2.24, 2.45) is 0 Å². The minimum Gasteiger partial charge on any atom is -0.394 e. The van der Waals surface area contributed by atoms with Crippen molar-refractivity contribution in [3.8, 4) is 0 Å². The number of nitrogens with zero attached hydrogens (tertiary/aromatic N) is 1. The van der Waals surface area contributed by atoms with Gasteiger partial charge in [-0.05, 0) is 30.6 Å². The molecule has 1 saturated heterocycles. The first-order chi connectivity index (χ1) is 9.31. The number of benzene rings is 1. The van der Waals surface area contributed by atoms with Crippen molar-refractivity contribution in [3.05, 3.63) is 35.9 Å². The second-order valence-corrected chi connectivity index (χ2v) is 5.96. The Morgan fingerprint density at radius 2 is 2.16 bits per heavy atom. The molecule has 0 radical (unpaired) electrons. The lowest BCUT2D eigenvalue weighted by Gasteiger charge is -2.22. The molecule has 1 aliphatic rings. The molecule has 1 atom stereocenters. The minimum absolute atomic E-state index is 0.0576. The molecule has 1 fully saturated rings. The molecule has 104 valence electrons. The first-order valence-corrected chi connectivity index (χ1v) is 7.98. The number of aliphatic hydroxyl groups is 1. The van der Waals surface area contributed by atoms with Crippen LogP contribution in [0.4, 0.5) is 0 Å². The lowest BCUT2D eigenvalue weighted by atomic mass is 10.2. The third kappa shape index (κ3) is 4.25. The van der Waals surface area contributed by atoms with Gasteiger partial charge in [0.2, 0.25) is 5.91 Å². The average Bonchev–Trinajstić information content (AvgIpc) is 2.93. The van der Waals surface area contributed by atoms with Gasteiger partial charge in [0, 0.05) is 6.54 Å². The van der Waals surface area contributed by atoms with Crippen molar-refractivity contribution >= 4 is 17.7 Å². The summed E-state index contributed by atoms with van der Waals surface area (Å²) in [6, 6.07) is 10.4. The van der Waals surface area contributed by atoms with Crippen molar-refractivity contribution < 1.29 is 9.90 Å². The van der Waals surface area contributed by atoms with E-state index in [1.54, 1.807) is 11.8 Å². The van der Waals surface area contributed by atoms with E-state index in [-0.39, 0.29) is 18.6 Å². The van der Waals surface area contributed by atoms with Crippen LogP contribution in [0.5, 0.6) is 0 Å². The lowest BCUT2D eigenvalue weighted by molar-refractivity contribution is -0.129. The normalized spacial score (nSPS) is 18.8. The Morgan fingerprint density at radius 1 is 1.37 bits per heavy atom. The fourth-order valence-electron chi connectivity index (χ4n) is 2.43. The van der Waals surface area contributed by atoms with E-state index in [0.29, 0.717) is 5.75 Å². The molecule has 1 heterocycles. The van der Waals surface area contributed by atoms with Crippen molar-refractivity contribution in [2.75, 3.05) is 24.7 Å². The van der Waals surface area contributed by atoms with Gasteiger partial charge in [-0.3, -0.25) is 4.79 Å². The van der Waals surface area contributed by atoms with Crippen molar-refractivity contribution in [3.63, 3.8) is 0 Å². The van der Waals surface area contributed by atoms with Gasteiger partial charge in [-0.1, -0.05) is 30.3 Å². The number of thioether (sulfide) groups is 1. The molecular formula is C15H21NO2S. The van der Waals surface area contributed by atoms with Crippen LogP contribution in [0.15, 0.2) is 30.3 Å². The van der Waals surface area contributed by atoms with Crippen LogP contribution < -0.4 is 0 Å². The van der Waals surface area contributed by atoms with Crippen LogP contribution in [0, 0.1) is 0 Å². The lowest BCUT2D eigenvalue weighted by Crippen LogP contribution is -2.38. The Labute approximate surface area is 119 Å². The number of aliphatic hydroxyl groups excluding tert-OH is 1. The van der Waals surface area contributed by atoms with Crippen molar-refractivity contribution in [1.29, 1.82) is 0 Å². The maximum atomic E-state index is 12.0. The molecule has 1 aromatic rings. The van der Waals surface area contributed by atoms with Gasteiger partial charge in [0.15, 0.2) is 0 Å². The molecule has 0 aliphatic carbocycles. The summed E-state index contributed by atoms with van der Waals surface area (Å²) in [5.41, 5.74) is 1.32. The highest BCUT2D eigenvalue weighted by Crippen LogP contribution is 2.18.